The average Bonchev–Trinajstić information content (AvgIpc) is 2.55. The van der Waals surface area contributed by atoms with Crippen molar-refractivity contribution < 1.29 is 19.2 Å². The van der Waals surface area contributed by atoms with Gasteiger partial charge >= 0.3 is 5.97 Å². The van der Waals surface area contributed by atoms with Gasteiger partial charge in [-0.05, 0) is 18.2 Å². The highest BCUT2D eigenvalue weighted by Crippen LogP contribution is 2.30. The highest BCUT2D eigenvalue weighted by molar-refractivity contribution is 5.98. The van der Waals surface area contributed by atoms with Gasteiger partial charge in [0.05, 0.1) is 17.0 Å². The molecule has 1 heterocycles. The maximum Gasteiger partial charge on any atom is 0.334 e. The van der Waals surface area contributed by atoms with Crippen LogP contribution in [0, 0.1) is 10.1 Å². The zero-order valence-corrected chi connectivity index (χ0v) is 12.4. The molecule has 0 spiro atoms. The average molecular weight is 327 g/mol. The Hall–Kier alpha value is -3.42. The molecule has 0 saturated heterocycles. The molecule has 1 aliphatic rings. The van der Waals surface area contributed by atoms with Gasteiger partial charge in [0.2, 0.25) is 5.91 Å². The van der Waals surface area contributed by atoms with E-state index in [1.54, 1.807) is 30.3 Å². The Bertz CT molecular complexity index is 821. The lowest BCUT2D eigenvalue weighted by Crippen LogP contribution is -2.39. The summed E-state index contributed by atoms with van der Waals surface area (Å²) < 4.78 is 5.17. The first-order valence-corrected chi connectivity index (χ1v) is 7.15. The van der Waals surface area contributed by atoms with E-state index in [-0.39, 0.29) is 17.8 Å². The topological polar surface area (TPSA) is 111 Å². The largest absolute Gasteiger partial charge is 0.423 e. The quantitative estimate of drug-likeness (QED) is 0.386. The molecular weight excluding hydrogens is 314 g/mol. The summed E-state index contributed by atoms with van der Waals surface area (Å²) >= 11 is 0. The van der Waals surface area contributed by atoms with Crippen molar-refractivity contribution in [2.45, 2.75) is 12.5 Å². The molecular formula is C16H13N3O5. The Morgan fingerprint density at radius 2 is 1.92 bits per heavy atom. The van der Waals surface area contributed by atoms with E-state index in [1.165, 1.54) is 18.2 Å². The van der Waals surface area contributed by atoms with Gasteiger partial charge in [-0.3, -0.25) is 14.9 Å². The molecule has 2 aromatic carbocycles. The molecule has 0 aliphatic carbocycles. The fourth-order valence-corrected chi connectivity index (χ4v) is 2.36. The predicted octanol–water partition coefficient (Wildman–Crippen LogP) is 2.32. The Morgan fingerprint density at radius 1 is 1.21 bits per heavy atom. The van der Waals surface area contributed by atoms with Gasteiger partial charge < -0.3 is 15.4 Å². The van der Waals surface area contributed by atoms with Crippen LogP contribution in [0.15, 0.2) is 48.5 Å². The zero-order valence-electron chi connectivity index (χ0n) is 12.4. The standard InChI is InChI=1S/C16H13N3O5/c20-15(18-10-5-1-3-7-13(10)19(22)23)9-12-16(21)24-14-8-4-2-6-11(14)17-12/h1-8,12,17H,9H2,(H,18,20). The van der Waals surface area contributed by atoms with Gasteiger partial charge in [-0.1, -0.05) is 24.3 Å². The van der Waals surface area contributed by atoms with Crippen LogP contribution in [-0.2, 0) is 9.59 Å². The fourth-order valence-electron chi connectivity index (χ4n) is 2.36. The normalized spacial score (nSPS) is 15.7. The molecule has 2 N–H and O–H groups in total. The minimum absolute atomic E-state index is 0.0806. The number of nitrogens with zero attached hydrogens (tertiary/aromatic N) is 1. The van der Waals surface area contributed by atoms with Crippen molar-refractivity contribution in [3.8, 4) is 5.75 Å². The Kier molecular flexibility index (Phi) is 4.11. The molecule has 0 bridgehead atoms. The van der Waals surface area contributed by atoms with Crippen LogP contribution in [0.25, 0.3) is 0 Å². The maximum atomic E-state index is 12.1. The van der Waals surface area contributed by atoms with Crippen molar-refractivity contribution in [1.82, 2.24) is 0 Å². The second-order valence-corrected chi connectivity index (χ2v) is 5.14. The van der Waals surface area contributed by atoms with E-state index in [1.807, 2.05) is 0 Å². The van der Waals surface area contributed by atoms with Crippen LogP contribution in [0.5, 0.6) is 5.75 Å². The molecule has 8 nitrogen and oxygen atoms in total. The van der Waals surface area contributed by atoms with Crippen LogP contribution >= 0.6 is 0 Å². The van der Waals surface area contributed by atoms with E-state index < -0.39 is 22.8 Å². The number of hydrogen-bond donors (Lipinski definition) is 2. The number of rotatable bonds is 4. The number of benzene rings is 2. The highest BCUT2D eigenvalue weighted by atomic mass is 16.6. The number of nitro benzene ring substituents is 1. The third kappa shape index (κ3) is 3.17. The number of anilines is 2. The van der Waals surface area contributed by atoms with Gasteiger partial charge in [0.15, 0.2) is 5.75 Å². The first kappa shape index (κ1) is 15.5. The third-order valence-corrected chi connectivity index (χ3v) is 3.48. The lowest BCUT2D eigenvalue weighted by Gasteiger charge is -2.24. The van der Waals surface area contributed by atoms with Gasteiger partial charge in [0.1, 0.15) is 11.7 Å². The summed E-state index contributed by atoms with van der Waals surface area (Å²) in [7, 11) is 0. The molecule has 122 valence electrons. The number of amides is 1. The number of hydrogen-bond acceptors (Lipinski definition) is 6. The molecule has 3 rings (SSSR count). The monoisotopic (exact) mass is 327 g/mol. The van der Waals surface area contributed by atoms with Crippen LogP contribution in [-0.4, -0.2) is 22.8 Å². The summed E-state index contributed by atoms with van der Waals surface area (Å²) in [5.41, 5.74) is 0.480. The van der Waals surface area contributed by atoms with Gasteiger partial charge in [-0.2, -0.15) is 0 Å². The summed E-state index contributed by atoms with van der Waals surface area (Å²) in [4.78, 5) is 34.4. The first-order valence-electron chi connectivity index (χ1n) is 7.15. The van der Waals surface area contributed by atoms with Crippen molar-refractivity contribution in [2.75, 3.05) is 10.6 Å². The Morgan fingerprint density at radius 3 is 2.71 bits per heavy atom. The molecule has 0 fully saturated rings. The number of carbonyl (C=O) groups excluding carboxylic acids is 2. The molecule has 1 aliphatic heterocycles. The van der Waals surface area contributed by atoms with E-state index >= 15 is 0 Å². The number of nitrogens with one attached hydrogen (secondary N) is 2. The van der Waals surface area contributed by atoms with Crippen molar-refractivity contribution in [2.24, 2.45) is 0 Å². The number of nitro groups is 1. The lowest BCUT2D eigenvalue weighted by molar-refractivity contribution is -0.383. The summed E-state index contributed by atoms with van der Waals surface area (Å²) in [6.07, 6.45) is -0.209. The number of esters is 1. The van der Waals surface area contributed by atoms with Gasteiger partial charge in [-0.15, -0.1) is 0 Å². The van der Waals surface area contributed by atoms with E-state index in [4.69, 9.17) is 4.74 Å². The second kappa shape index (κ2) is 6.37. The number of carbonyl (C=O) groups is 2. The minimum atomic E-state index is -0.859. The van der Waals surface area contributed by atoms with Crippen LogP contribution in [0.4, 0.5) is 17.1 Å². The Balaban J connectivity index is 1.70. The van der Waals surface area contributed by atoms with Crippen molar-refractivity contribution in [1.29, 1.82) is 0 Å². The van der Waals surface area contributed by atoms with Gasteiger partial charge in [-0.25, -0.2) is 4.79 Å². The number of para-hydroxylation sites is 4. The molecule has 0 saturated carbocycles. The predicted molar refractivity (Wildman–Crippen MR) is 85.8 cm³/mol. The first-order chi connectivity index (χ1) is 11.5. The summed E-state index contributed by atoms with van der Waals surface area (Å²) in [6, 6.07) is 11.8. The zero-order chi connectivity index (χ0) is 17.1. The highest BCUT2D eigenvalue weighted by Gasteiger charge is 2.30. The smallest absolute Gasteiger partial charge is 0.334 e. The van der Waals surface area contributed by atoms with Crippen molar-refractivity contribution in [3.05, 3.63) is 58.6 Å². The SMILES string of the molecule is O=C(CC1Nc2ccccc2OC1=O)Nc1ccccc1[N+](=O)[O-]. The van der Waals surface area contributed by atoms with Crippen molar-refractivity contribution in [3.63, 3.8) is 0 Å². The van der Waals surface area contributed by atoms with Crippen molar-refractivity contribution >= 4 is 28.9 Å². The van der Waals surface area contributed by atoms with Crippen LogP contribution in [0.1, 0.15) is 6.42 Å². The molecule has 0 aromatic heterocycles. The second-order valence-electron chi connectivity index (χ2n) is 5.14. The number of ether oxygens (including phenoxy) is 1. The van der Waals surface area contributed by atoms with E-state index in [0.29, 0.717) is 11.4 Å². The molecule has 24 heavy (non-hydrogen) atoms. The lowest BCUT2D eigenvalue weighted by atomic mass is 10.1. The van der Waals surface area contributed by atoms with Crippen LogP contribution < -0.4 is 15.4 Å². The van der Waals surface area contributed by atoms with E-state index in [0.717, 1.165) is 0 Å². The molecule has 1 amide bonds. The minimum Gasteiger partial charge on any atom is -0.423 e. The van der Waals surface area contributed by atoms with Crippen LogP contribution in [0.2, 0.25) is 0 Å². The maximum absolute atomic E-state index is 12.1. The molecule has 1 atom stereocenters. The molecule has 0 radical (unpaired) electrons. The number of fused-ring (bicyclic) bond motifs is 1. The molecule has 2 aromatic rings. The van der Waals surface area contributed by atoms with Crippen LogP contribution in [0.3, 0.4) is 0 Å². The summed E-state index contributed by atoms with van der Waals surface area (Å²) in [5, 5.41) is 16.3. The Labute approximate surface area is 136 Å². The van der Waals surface area contributed by atoms with E-state index in [2.05, 4.69) is 10.6 Å². The molecule has 8 heteroatoms. The van der Waals surface area contributed by atoms with E-state index in [9.17, 15) is 19.7 Å². The van der Waals surface area contributed by atoms with Gasteiger partial charge in [0.25, 0.3) is 5.69 Å². The summed E-state index contributed by atoms with van der Waals surface area (Å²) in [5.74, 6) is -0.706. The summed E-state index contributed by atoms with van der Waals surface area (Å²) in [6.45, 7) is 0. The molecule has 1 unspecified atom stereocenters. The van der Waals surface area contributed by atoms with Gasteiger partial charge in [0, 0.05) is 6.07 Å². The fraction of sp³-hybridized carbons (Fsp3) is 0.125. The third-order valence-electron chi connectivity index (χ3n) is 3.48.